The Morgan fingerprint density at radius 2 is 2.50 bits per heavy atom. The molecule has 0 radical (unpaired) electrons. The van der Waals surface area contributed by atoms with Crippen molar-refractivity contribution in [3.63, 3.8) is 0 Å². The number of fused-ring (bicyclic) bond motifs is 1. The van der Waals surface area contributed by atoms with Crippen molar-refractivity contribution in [1.29, 1.82) is 0 Å². The molecule has 2 heterocycles. The van der Waals surface area contributed by atoms with Crippen LogP contribution in [0.1, 0.15) is 0 Å². The SMILES string of the molecule is O=c1[nH]cnc2conc12. The van der Waals surface area contributed by atoms with E-state index in [-0.39, 0.29) is 11.1 Å². The summed E-state index contributed by atoms with van der Waals surface area (Å²) in [5, 5.41) is 3.44. The number of nitrogens with zero attached hydrogens (tertiary/aromatic N) is 2. The Kier molecular flexibility index (Phi) is 0.858. The molecule has 2 aromatic rings. The molecule has 0 fully saturated rings. The lowest BCUT2D eigenvalue weighted by Gasteiger charge is -1.79. The summed E-state index contributed by atoms with van der Waals surface area (Å²) in [4.78, 5) is 17.0. The Morgan fingerprint density at radius 3 is 3.30 bits per heavy atom. The number of rotatable bonds is 0. The second kappa shape index (κ2) is 1.66. The summed E-state index contributed by atoms with van der Waals surface area (Å²) in [7, 11) is 0. The number of hydrogen-bond donors (Lipinski definition) is 1. The van der Waals surface area contributed by atoms with Crippen molar-refractivity contribution in [3.8, 4) is 0 Å². The highest BCUT2D eigenvalue weighted by molar-refractivity contribution is 5.70. The third-order valence-corrected chi connectivity index (χ3v) is 1.17. The zero-order valence-corrected chi connectivity index (χ0v) is 4.87. The normalized spacial score (nSPS) is 10.4. The molecule has 5 nitrogen and oxygen atoms in total. The summed E-state index contributed by atoms with van der Waals surface area (Å²) in [5.74, 6) is 0. The Hall–Kier alpha value is -1.65. The van der Waals surface area contributed by atoms with E-state index in [1.807, 2.05) is 0 Å². The predicted molar refractivity (Wildman–Crippen MR) is 32.4 cm³/mol. The molecule has 50 valence electrons. The zero-order valence-electron chi connectivity index (χ0n) is 4.87. The highest BCUT2D eigenvalue weighted by atomic mass is 16.5. The first kappa shape index (κ1) is 5.16. The molecule has 0 aliphatic carbocycles. The molecule has 0 amide bonds. The number of nitrogens with one attached hydrogen (secondary N) is 1. The van der Waals surface area contributed by atoms with Crippen molar-refractivity contribution < 1.29 is 4.52 Å². The van der Waals surface area contributed by atoms with Gasteiger partial charge < -0.3 is 9.51 Å². The largest absolute Gasteiger partial charge is 0.362 e. The molecule has 0 saturated heterocycles. The highest BCUT2D eigenvalue weighted by Crippen LogP contribution is 1.99. The van der Waals surface area contributed by atoms with E-state index in [2.05, 4.69) is 19.6 Å². The van der Waals surface area contributed by atoms with E-state index in [9.17, 15) is 4.79 Å². The molecule has 0 aliphatic rings. The van der Waals surface area contributed by atoms with E-state index in [1.165, 1.54) is 12.6 Å². The first-order valence-corrected chi connectivity index (χ1v) is 2.66. The zero-order chi connectivity index (χ0) is 6.97. The minimum absolute atomic E-state index is 0.238. The van der Waals surface area contributed by atoms with Gasteiger partial charge in [0.1, 0.15) is 11.8 Å². The molecule has 0 aliphatic heterocycles. The minimum Gasteiger partial charge on any atom is -0.362 e. The minimum atomic E-state index is -0.279. The first-order valence-electron chi connectivity index (χ1n) is 2.66. The lowest BCUT2D eigenvalue weighted by atomic mass is 10.5. The topological polar surface area (TPSA) is 71.8 Å². The van der Waals surface area contributed by atoms with Crippen LogP contribution in [0, 0.1) is 0 Å². The number of H-pyrrole nitrogens is 1. The van der Waals surface area contributed by atoms with Crippen LogP contribution in [-0.4, -0.2) is 15.1 Å². The van der Waals surface area contributed by atoms with E-state index in [0.717, 1.165) is 0 Å². The average Bonchev–Trinajstić information content (AvgIpc) is 2.36. The summed E-state index contributed by atoms with van der Waals surface area (Å²) in [6.45, 7) is 0. The van der Waals surface area contributed by atoms with Gasteiger partial charge in [-0.15, -0.1) is 0 Å². The van der Waals surface area contributed by atoms with E-state index < -0.39 is 0 Å². The maximum Gasteiger partial charge on any atom is 0.280 e. The molecule has 0 saturated carbocycles. The summed E-state index contributed by atoms with van der Waals surface area (Å²) >= 11 is 0. The third-order valence-electron chi connectivity index (χ3n) is 1.17. The van der Waals surface area contributed by atoms with Crippen LogP contribution in [-0.2, 0) is 0 Å². The Balaban J connectivity index is 3.09. The lowest BCUT2D eigenvalue weighted by molar-refractivity contribution is 0.427. The molecular formula is C5H3N3O2. The van der Waals surface area contributed by atoms with Crippen molar-refractivity contribution in [2.75, 3.05) is 0 Å². The smallest absolute Gasteiger partial charge is 0.280 e. The molecule has 0 spiro atoms. The van der Waals surface area contributed by atoms with Gasteiger partial charge in [0.25, 0.3) is 5.56 Å². The molecule has 0 aromatic carbocycles. The third kappa shape index (κ3) is 0.540. The van der Waals surface area contributed by atoms with Gasteiger partial charge in [0.05, 0.1) is 6.33 Å². The summed E-state index contributed by atoms with van der Waals surface area (Å²) < 4.78 is 4.51. The molecule has 2 rings (SSSR count). The molecule has 2 aromatic heterocycles. The van der Waals surface area contributed by atoms with Crippen molar-refractivity contribution in [1.82, 2.24) is 15.1 Å². The van der Waals surface area contributed by atoms with Gasteiger partial charge >= 0.3 is 0 Å². The van der Waals surface area contributed by atoms with Crippen molar-refractivity contribution >= 4 is 11.0 Å². The molecular weight excluding hydrogens is 134 g/mol. The molecule has 0 unspecified atom stereocenters. The van der Waals surface area contributed by atoms with E-state index in [0.29, 0.717) is 5.52 Å². The molecule has 0 bridgehead atoms. The summed E-state index contributed by atoms with van der Waals surface area (Å²) in [6.07, 6.45) is 2.63. The fourth-order valence-corrected chi connectivity index (χ4v) is 0.710. The molecule has 0 atom stereocenters. The van der Waals surface area contributed by atoms with Crippen molar-refractivity contribution in [2.45, 2.75) is 0 Å². The number of aromatic amines is 1. The van der Waals surface area contributed by atoms with Gasteiger partial charge in [-0.05, 0) is 0 Å². The van der Waals surface area contributed by atoms with Gasteiger partial charge in [0.2, 0.25) is 0 Å². The number of hydrogen-bond acceptors (Lipinski definition) is 4. The van der Waals surface area contributed by atoms with Crippen LogP contribution in [0.4, 0.5) is 0 Å². The first-order chi connectivity index (χ1) is 4.88. The molecule has 10 heavy (non-hydrogen) atoms. The van der Waals surface area contributed by atoms with Crippen LogP contribution in [0.3, 0.4) is 0 Å². The standard InChI is InChI=1S/C5H3N3O2/c9-5-4-3(1-10-8-4)6-2-7-5/h1-2H,(H,6,7,9). The Bertz CT molecular complexity index is 402. The Labute approximate surface area is 54.7 Å². The quantitative estimate of drug-likeness (QED) is 0.550. The van der Waals surface area contributed by atoms with E-state index >= 15 is 0 Å². The van der Waals surface area contributed by atoms with Gasteiger partial charge in [-0.25, -0.2) is 4.98 Å². The van der Waals surface area contributed by atoms with E-state index in [1.54, 1.807) is 0 Å². The monoisotopic (exact) mass is 137 g/mol. The van der Waals surface area contributed by atoms with Gasteiger partial charge in [-0.2, -0.15) is 0 Å². The summed E-state index contributed by atoms with van der Waals surface area (Å²) in [5.41, 5.74) is 0.435. The van der Waals surface area contributed by atoms with Gasteiger partial charge in [0.15, 0.2) is 5.52 Å². The second-order valence-electron chi connectivity index (χ2n) is 1.78. The van der Waals surface area contributed by atoms with Crippen molar-refractivity contribution in [2.24, 2.45) is 0 Å². The van der Waals surface area contributed by atoms with E-state index in [4.69, 9.17) is 0 Å². The predicted octanol–water partition coefficient (Wildman–Crippen LogP) is -0.0889. The fraction of sp³-hybridized carbons (Fsp3) is 0. The Morgan fingerprint density at radius 1 is 1.60 bits per heavy atom. The maximum atomic E-state index is 10.8. The van der Waals surface area contributed by atoms with Crippen LogP contribution < -0.4 is 5.56 Å². The molecule has 5 heteroatoms. The second-order valence-corrected chi connectivity index (χ2v) is 1.78. The molecule has 1 N–H and O–H groups in total. The van der Waals surface area contributed by atoms with Gasteiger partial charge in [-0.3, -0.25) is 4.79 Å². The van der Waals surface area contributed by atoms with Crippen LogP contribution >= 0.6 is 0 Å². The van der Waals surface area contributed by atoms with Crippen LogP contribution in [0.15, 0.2) is 21.9 Å². The maximum absolute atomic E-state index is 10.8. The lowest BCUT2D eigenvalue weighted by Crippen LogP contribution is -2.05. The van der Waals surface area contributed by atoms with Crippen LogP contribution in [0.2, 0.25) is 0 Å². The highest BCUT2D eigenvalue weighted by Gasteiger charge is 2.00. The number of aromatic nitrogens is 3. The average molecular weight is 137 g/mol. The van der Waals surface area contributed by atoms with Crippen molar-refractivity contribution in [3.05, 3.63) is 22.9 Å². The summed E-state index contributed by atoms with van der Waals surface area (Å²) in [6, 6.07) is 0. The fourth-order valence-electron chi connectivity index (χ4n) is 0.710. The van der Waals surface area contributed by atoms with Gasteiger partial charge in [0, 0.05) is 0 Å². The van der Waals surface area contributed by atoms with Crippen LogP contribution in [0.5, 0.6) is 0 Å². The van der Waals surface area contributed by atoms with Gasteiger partial charge in [-0.1, -0.05) is 5.16 Å². The van der Waals surface area contributed by atoms with Crippen LogP contribution in [0.25, 0.3) is 11.0 Å².